The zero-order chi connectivity index (χ0) is 10.5. The van der Waals surface area contributed by atoms with Crippen molar-refractivity contribution in [2.45, 2.75) is 39.9 Å². The van der Waals surface area contributed by atoms with Gasteiger partial charge in [0.25, 0.3) is 0 Å². The minimum absolute atomic E-state index is 0.0311. The molecule has 0 aliphatic heterocycles. The van der Waals surface area contributed by atoms with Crippen LogP contribution in [0.25, 0.3) is 0 Å². The first kappa shape index (κ1) is 12.7. The molecule has 0 atom stereocenters. The molecule has 0 heterocycles. The predicted molar refractivity (Wildman–Crippen MR) is 53.7 cm³/mol. The highest BCUT2D eigenvalue weighted by molar-refractivity contribution is 7.54. The van der Waals surface area contributed by atoms with E-state index in [9.17, 15) is 4.57 Å². The van der Waals surface area contributed by atoms with Crippen molar-refractivity contribution in [2.24, 2.45) is 0 Å². The van der Waals surface area contributed by atoms with Crippen molar-refractivity contribution in [3.8, 4) is 12.3 Å². The first-order chi connectivity index (χ1) is 5.89. The molecular weight excluding hydrogens is 187 g/mol. The molecule has 0 unspecified atom stereocenters. The average molecular weight is 204 g/mol. The third-order valence-electron chi connectivity index (χ3n) is 1.03. The van der Waals surface area contributed by atoms with Gasteiger partial charge in [0.05, 0.1) is 12.2 Å². The van der Waals surface area contributed by atoms with Crippen molar-refractivity contribution in [3.63, 3.8) is 0 Å². The molecule has 0 rings (SSSR count). The Morgan fingerprint density at radius 2 is 1.62 bits per heavy atom. The Kier molecular flexibility index (Phi) is 5.32. The van der Waals surface area contributed by atoms with Crippen LogP contribution in [0.5, 0.6) is 0 Å². The third kappa shape index (κ3) is 5.87. The summed E-state index contributed by atoms with van der Waals surface area (Å²) in [6.45, 7) is 7.19. The van der Waals surface area contributed by atoms with E-state index >= 15 is 0 Å². The van der Waals surface area contributed by atoms with Crippen molar-refractivity contribution in [2.75, 3.05) is 6.16 Å². The highest BCUT2D eigenvalue weighted by Crippen LogP contribution is 2.49. The molecule has 0 aliphatic carbocycles. The zero-order valence-corrected chi connectivity index (χ0v) is 9.51. The maximum Gasteiger partial charge on any atom is 0.342 e. The van der Waals surface area contributed by atoms with Crippen molar-refractivity contribution < 1.29 is 13.6 Å². The van der Waals surface area contributed by atoms with Crippen molar-refractivity contribution in [3.05, 3.63) is 0 Å². The molecule has 0 saturated heterocycles. The van der Waals surface area contributed by atoms with Crippen molar-refractivity contribution in [1.29, 1.82) is 0 Å². The van der Waals surface area contributed by atoms with Gasteiger partial charge in [0.1, 0.15) is 6.16 Å². The first-order valence-corrected chi connectivity index (χ1v) is 6.01. The van der Waals surface area contributed by atoms with Crippen LogP contribution in [0.2, 0.25) is 0 Å². The van der Waals surface area contributed by atoms with Gasteiger partial charge < -0.3 is 9.05 Å². The van der Waals surface area contributed by atoms with Crippen LogP contribution in [0, 0.1) is 12.3 Å². The maximum absolute atomic E-state index is 11.8. The van der Waals surface area contributed by atoms with E-state index in [4.69, 9.17) is 15.5 Å². The number of terminal acetylenes is 1. The Labute approximate surface area is 80.3 Å². The molecule has 0 spiro atoms. The topological polar surface area (TPSA) is 35.5 Å². The van der Waals surface area contributed by atoms with E-state index in [2.05, 4.69) is 5.92 Å². The Hall–Kier alpha value is -0.290. The second kappa shape index (κ2) is 5.44. The molecule has 0 aromatic heterocycles. The molecule has 0 radical (unpaired) electrons. The molecule has 13 heavy (non-hydrogen) atoms. The molecule has 0 aliphatic rings. The van der Waals surface area contributed by atoms with Gasteiger partial charge in [-0.2, -0.15) is 0 Å². The van der Waals surface area contributed by atoms with Gasteiger partial charge in [-0.05, 0) is 27.7 Å². The molecule has 0 N–H and O–H groups in total. The molecule has 0 bridgehead atoms. The van der Waals surface area contributed by atoms with Crippen LogP contribution in [0.4, 0.5) is 0 Å². The molecule has 0 fully saturated rings. The molecule has 0 aromatic rings. The monoisotopic (exact) mass is 204 g/mol. The Morgan fingerprint density at radius 3 is 1.85 bits per heavy atom. The zero-order valence-electron chi connectivity index (χ0n) is 8.61. The number of hydrogen-bond acceptors (Lipinski definition) is 3. The fourth-order valence-corrected chi connectivity index (χ4v) is 2.56. The van der Waals surface area contributed by atoms with Crippen LogP contribution in [0.15, 0.2) is 0 Å². The summed E-state index contributed by atoms with van der Waals surface area (Å²) in [6.07, 6.45) is 4.83. The van der Waals surface area contributed by atoms with Gasteiger partial charge >= 0.3 is 7.60 Å². The van der Waals surface area contributed by atoms with Gasteiger partial charge in [0, 0.05) is 0 Å². The van der Waals surface area contributed by atoms with E-state index in [0.29, 0.717) is 0 Å². The van der Waals surface area contributed by atoms with Gasteiger partial charge in [0.15, 0.2) is 0 Å². The van der Waals surface area contributed by atoms with Crippen LogP contribution in [-0.4, -0.2) is 18.4 Å². The van der Waals surface area contributed by atoms with E-state index < -0.39 is 7.60 Å². The van der Waals surface area contributed by atoms with Crippen LogP contribution >= 0.6 is 7.60 Å². The summed E-state index contributed by atoms with van der Waals surface area (Å²) in [7, 11) is -3.07. The lowest BCUT2D eigenvalue weighted by atomic mass is 10.5. The van der Waals surface area contributed by atoms with Crippen LogP contribution < -0.4 is 0 Å². The van der Waals surface area contributed by atoms with Crippen molar-refractivity contribution in [1.82, 2.24) is 0 Å². The Bertz CT molecular complexity index is 214. The average Bonchev–Trinajstić information content (AvgIpc) is 1.81. The quantitative estimate of drug-likeness (QED) is 0.510. The van der Waals surface area contributed by atoms with E-state index in [1.807, 2.05) is 0 Å². The second-order valence-electron chi connectivity index (χ2n) is 3.28. The number of rotatable bonds is 5. The largest absolute Gasteiger partial charge is 0.342 e. The van der Waals surface area contributed by atoms with E-state index in [1.54, 1.807) is 27.7 Å². The van der Waals surface area contributed by atoms with Gasteiger partial charge in [-0.1, -0.05) is 5.92 Å². The lowest BCUT2D eigenvalue weighted by molar-refractivity contribution is 0.144. The van der Waals surface area contributed by atoms with Gasteiger partial charge in [-0.25, -0.2) is 0 Å². The summed E-state index contributed by atoms with van der Waals surface area (Å²) in [5, 5.41) is 0. The van der Waals surface area contributed by atoms with E-state index in [1.165, 1.54) is 0 Å². The van der Waals surface area contributed by atoms with E-state index in [-0.39, 0.29) is 18.4 Å². The molecule has 4 heteroatoms. The summed E-state index contributed by atoms with van der Waals surface area (Å²) >= 11 is 0. The van der Waals surface area contributed by atoms with Crippen molar-refractivity contribution >= 4 is 7.60 Å². The standard InChI is InChI=1S/C9H17O3P/c1-6-7-13(10,11-8(2)3)12-9(4)5/h1,8-9H,7H2,2-5H3. The number of hydrogen-bond donors (Lipinski definition) is 0. The highest BCUT2D eigenvalue weighted by atomic mass is 31.2. The highest BCUT2D eigenvalue weighted by Gasteiger charge is 2.26. The fourth-order valence-electron chi connectivity index (χ4n) is 0.854. The molecule has 76 valence electrons. The van der Waals surface area contributed by atoms with Crippen LogP contribution in [-0.2, 0) is 13.6 Å². The first-order valence-electron chi connectivity index (χ1n) is 4.29. The molecule has 0 saturated carbocycles. The lowest BCUT2D eigenvalue weighted by Crippen LogP contribution is -2.09. The van der Waals surface area contributed by atoms with Gasteiger partial charge in [0.2, 0.25) is 0 Å². The molecular formula is C9H17O3P. The molecule has 0 aromatic carbocycles. The predicted octanol–water partition coefficient (Wildman–Crippen LogP) is 2.66. The summed E-state index contributed by atoms with van der Waals surface area (Å²) in [6, 6.07) is 0. The maximum atomic E-state index is 11.8. The minimum Gasteiger partial charge on any atom is -0.305 e. The van der Waals surface area contributed by atoms with E-state index in [0.717, 1.165) is 0 Å². The SMILES string of the molecule is C#CCP(=O)(OC(C)C)OC(C)C. The second-order valence-corrected chi connectivity index (χ2v) is 5.24. The minimum atomic E-state index is -3.07. The lowest BCUT2D eigenvalue weighted by Gasteiger charge is -2.20. The van der Waals surface area contributed by atoms with Gasteiger partial charge in [-0.3, -0.25) is 4.57 Å². The summed E-state index contributed by atoms with van der Waals surface area (Å²) in [5.41, 5.74) is 0. The van der Waals surface area contributed by atoms with Crippen LogP contribution in [0.1, 0.15) is 27.7 Å². The smallest absolute Gasteiger partial charge is 0.305 e. The third-order valence-corrected chi connectivity index (χ3v) is 3.08. The fraction of sp³-hybridized carbons (Fsp3) is 0.778. The normalized spacial score (nSPS) is 12.1. The summed E-state index contributed by atoms with van der Waals surface area (Å²) in [4.78, 5) is 0. The Balaban J connectivity index is 4.36. The molecule has 3 nitrogen and oxygen atoms in total. The van der Waals surface area contributed by atoms with Gasteiger partial charge in [-0.15, -0.1) is 6.42 Å². The van der Waals surface area contributed by atoms with Crippen LogP contribution in [0.3, 0.4) is 0 Å². The Morgan fingerprint density at radius 1 is 1.23 bits per heavy atom. The summed E-state index contributed by atoms with van der Waals surface area (Å²) < 4.78 is 22.2. The molecule has 0 amide bonds. The summed E-state index contributed by atoms with van der Waals surface area (Å²) in [5.74, 6) is 2.31.